The summed E-state index contributed by atoms with van der Waals surface area (Å²) in [4.78, 5) is 14.7. The number of carbonyl (C=O) groups is 1. The van der Waals surface area contributed by atoms with Gasteiger partial charge in [0.15, 0.2) is 0 Å². The largest absolute Gasteiger partial charge is 0.335 e. The summed E-state index contributed by atoms with van der Waals surface area (Å²) < 4.78 is 0. The minimum absolute atomic E-state index is 0.0819. The monoisotopic (exact) mass is 363 g/mol. The molecule has 0 bridgehead atoms. The molecule has 4 heteroatoms. The number of amides is 2. The van der Waals surface area contributed by atoms with E-state index in [4.69, 9.17) is 0 Å². The Labute approximate surface area is 162 Å². The lowest BCUT2D eigenvalue weighted by Crippen LogP contribution is -2.41. The van der Waals surface area contributed by atoms with Crippen LogP contribution in [0.4, 0.5) is 10.5 Å². The standard InChI is InChI=1S/C23H29N3O/c1-26(2)15-16-7-9-19(10-8-16)24-23(27)25-20-11-12-22-18(14-20)13-17-5-3-4-6-21(17)22/h3-6,11-12,14,16,19H,7-10,13,15H2,1-2H3,(H2,24,25,27). The second-order valence-corrected chi connectivity index (χ2v) is 8.28. The SMILES string of the molecule is CN(C)CC1CCC(NC(=O)Nc2ccc3c(c2)Cc2ccccc2-3)CC1. The van der Waals surface area contributed by atoms with Crippen molar-refractivity contribution in [1.82, 2.24) is 10.2 Å². The Bertz CT molecular complexity index is 822. The van der Waals surface area contributed by atoms with Crippen LogP contribution in [-0.2, 0) is 6.42 Å². The van der Waals surface area contributed by atoms with E-state index in [-0.39, 0.29) is 6.03 Å². The highest BCUT2D eigenvalue weighted by Gasteiger charge is 2.23. The molecule has 0 heterocycles. The second kappa shape index (κ2) is 7.73. The number of nitrogens with one attached hydrogen (secondary N) is 2. The number of urea groups is 1. The van der Waals surface area contributed by atoms with Gasteiger partial charge in [0.1, 0.15) is 0 Å². The lowest BCUT2D eigenvalue weighted by atomic mass is 9.86. The molecule has 0 unspecified atom stereocenters. The zero-order chi connectivity index (χ0) is 18.8. The molecular weight excluding hydrogens is 334 g/mol. The van der Waals surface area contributed by atoms with Crippen molar-refractivity contribution in [2.45, 2.75) is 38.1 Å². The predicted octanol–water partition coefficient (Wildman–Crippen LogP) is 4.50. The van der Waals surface area contributed by atoms with Gasteiger partial charge in [-0.3, -0.25) is 0 Å². The van der Waals surface area contributed by atoms with Crippen LogP contribution in [0.3, 0.4) is 0 Å². The van der Waals surface area contributed by atoms with E-state index in [1.165, 1.54) is 35.1 Å². The summed E-state index contributed by atoms with van der Waals surface area (Å²) >= 11 is 0. The molecule has 1 fully saturated rings. The Kier molecular flexibility index (Phi) is 5.17. The third-order valence-electron chi connectivity index (χ3n) is 5.86. The van der Waals surface area contributed by atoms with Crippen molar-refractivity contribution in [3.8, 4) is 11.1 Å². The smallest absolute Gasteiger partial charge is 0.319 e. The van der Waals surface area contributed by atoms with Crippen molar-refractivity contribution in [2.75, 3.05) is 26.0 Å². The van der Waals surface area contributed by atoms with E-state index in [1.54, 1.807) is 0 Å². The van der Waals surface area contributed by atoms with Crippen LogP contribution in [0, 0.1) is 5.92 Å². The van der Waals surface area contributed by atoms with Gasteiger partial charge in [-0.15, -0.1) is 0 Å². The summed E-state index contributed by atoms with van der Waals surface area (Å²) in [5.41, 5.74) is 6.14. The van der Waals surface area contributed by atoms with Gasteiger partial charge in [-0.25, -0.2) is 4.79 Å². The molecule has 0 spiro atoms. The first-order chi connectivity index (χ1) is 13.1. The number of carbonyl (C=O) groups excluding carboxylic acids is 1. The zero-order valence-corrected chi connectivity index (χ0v) is 16.3. The summed E-state index contributed by atoms with van der Waals surface area (Å²) in [7, 11) is 4.26. The van der Waals surface area contributed by atoms with Gasteiger partial charge in [0.2, 0.25) is 0 Å². The molecule has 0 saturated heterocycles. The number of hydrogen-bond donors (Lipinski definition) is 2. The van der Waals surface area contributed by atoms with Crippen LogP contribution in [-0.4, -0.2) is 37.6 Å². The normalized spacial score (nSPS) is 20.9. The topological polar surface area (TPSA) is 44.4 Å². The zero-order valence-electron chi connectivity index (χ0n) is 16.3. The van der Waals surface area contributed by atoms with Crippen LogP contribution in [0.5, 0.6) is 0 Å². The average Bonchev–Trinajstić information content (AvgIpc) is 3.00. The molecule has 1 saturated carbocycles. The average molecular weight is 364 g/mol. The molecule has 2 N–H and O–H groups in total. The van der Waals surface area contributed by atoms with E-state index in [9.17, 15) is 4.79 Å². The predicted molar refractivity (Wildman–Crippen MR) is 111 cm³/mol. The van der Waals surface area contributed by atoms with E-state index in [1.807, 2.05) is 6.07 Å². The number of anilines is 1. The summed E-state index contributed by atoms with van der Waals surface area (Å²) in [6, 6.07) is 15.0. The quantitative estimate of drug-likeness (QED) is 0.717. The van der Waals surface area contributed by atoms with Gasteiger partial charge < -0.3 is 15.5 Å². The molecule has 0 radical (unpaired) electrons. The fraction of sp³-hybridized carbons (Fsp3) is 0.435. The van der Waals surface area contributed by atoms with Crippen molar-refractivity contribution in [3.05, 3.63) is 53.6 Å². The van der Waals surface area contributed by atoms with Crippen LogP contribution in [0.2, 0.25) is 0 Å². The minimum atomic E-state index is -0.0819. The van der Waals surface area contributed by atoms with Crippen LogP contribution in [0.1, 0.15) is 36.8 Å². The van der Waals surface area contributed by atoms with E-state index in [0.717, 1.165) is 37.4 Å². The van der Waals surface area contributed by atoms with Gasteiger partial charge in [0, 0.05) is 18.3 Å². The van der Waals surface area contributed by atoms with E-state index < -0.39 is 0 Å². The fourth-order valence-electron chi connectivity index (χ4n) is 4.58. The third-order valence-corrected chi connectivity index (χ3v) is 5.86. The third kappa shape index (κ3) is 4.16. The van der Waals surface area contributed by atoms with Crippen molar-refractivity contribution < 1.29 is 4.79 Å². The highest BCUT2D eigenvalue weighted by atomic mass is 16.2. The van der Waals surface area contributed by atoms with Crippen molar-refractivity contribution in [2.24, 2.45) is 5.92 Å². The number of fused-ring (bicyclic) bond motifs is 3. The van der Waals surface area contributed by atoms with Gasteiger partial charge >= 0.3 is 6.03 Å². The Morgan fingerprint density at radius 2 is 1.74 bits per heavy atom. The molecule has 27 heavy (non-hydrogen) atoms. The van der Waals surface area contributed by atoms with Crippen molar-refractivity contribution in [3.63, 3.8) is 0 Å². The first-order valence-corrected chi connectivity index (χ1v) is 10.0. The molecule has 2 amide bonds. The Morgan fingerprint density at radius 1 is 1.00 bits per heavy atom. The molecule has 4 rings (SSSR count). The van der Waals surface area contributed by atoms with Gasteiger partial charge in [-0.2, -0.15) is 0 Å². The maximum Gasteiger partial charge on any atom is 0.319 e. The maximum atomic E-state index is 12.4. The molecule has 2 aliphatic carbocycles. The van der Waals surface area contributed by atoms with E-state index >= 15 is 0 Å². The Morgan fingerprint density at radius 3 is 2.52 bits per heavy atom. The van der Waals surface area contributed by atoms with E-state index in [0.29, 0.717) is 6.04 Å². The van der Waals surface area contributed by atoms with Crippen molar-refractivity contribution >= 4 is 11.7 Å². The van der Waals surface area contributed by atoms with Crippen LogP contribution in [0.15, 0.2) is 42.5 Å². The summed E-state index contributed by atoms with van der Waals surface area (Å²) in [6.07, 6.45) is 5.48. The second-order valence-electron chi connectivity index (χ2n) is 8.28. The molecule has 0 aliphatic heterocycles. The number of nitrogens with zero attached hydrogens (tertiary/aromatic N) is 1. The highest BCUT2D eigenvalue weighted by molar-refractivity contribution is 5.90. The van der Waals surface area contributed by atoms with Gasteiger partial charge in [-0.05, 0) is 86.5 Å². The summed E-state index contributed by atoms with van der Waals surface area (Å²) in [6.45, 7) is 1.15. The van der Waals surface area contributed by atoms with Crippen LogP contribution >= 0.6 is 0 Å². The highest BCUT2D eigenvalue weighted by Crippen LogP contribution is 2.37. The molecule has 0 aromatic heterocycles. The fourth-order valence-corrected chi connectivity index (χ4v) is 4.58. The first kappa shape index (κ1) is 18.1. The number of rotatable bonds is 4. The lowest BCUT2D eigenvalue weighted by molar-refractivity contribution is 0.223. The lowest BCUT2D eigenvalue weighted by Gasteiger charge is -2.30. The van der Waals surface area contributed by atoms with Gasteiger partial charge in [0.25, 0.3) is 0 Å². The minimum Gasteiger partial charge on any atom is -0.335 e. The first-order valence-electron chi connectivity index (χ1n) is 10.0. The van der Waals surface area contributed by atoms with Crippen LogP contribution in [0.25, 0.3) is 11.1 Å². The molecule has 0 atom stereocenters. The molecule has 142 valence electrons. The van der Waals surface area contributed by atoms with E-state index in [2.05, 4.69) is 66.0 Å². The molecule has 4 nitrogen and oxygen atoms in total. The van der Waals surface area contributed by atoms with Crippen molar-refractivity contribution in [1.29, 1.82) is 0 Å². The molecule has 2 aromatic carbocycles. The molecule has 2 aromatic rings. The summed E-state index contributed by atoms with van der Waals surface area (Å²) in [5, 5.41) is 6.19. The maximum absolute atomic E-state index is 12.4. The van der Waals surface area contributed by atoms with Gasteiger partial charge in [-0.1, -0.05) is 30.3 Å². The number of benzene rings is 2. The Balaban J connectivity index is 1.32. The van der Waals surface area contributed by atoms with Gasteiger partial charge in [0.05, 0.1) is 0 Å². The summed E-state index contributed by atoms with van der Waals surface area (Å²) in [5.74, 6) is 0.763. The Hall–Kier alpha value is -2.33. The number of hydrogen-bond acceptors (Lipinski definition) is 2. The molecular formula is C23H29N3O. The van der Waals surface area contributed by atoms with Crippen LogP contribution < -0.4 is 10.6 Å². The molecule has 2 aliphatic rings.